The minimum Gasteiger partial charge on any atom is -0.496 e. The third-order valence-corrected chi connectivity index (χ3v) is 5.48. The number of hydrogen-bond acceptors (Lipinski definition) is 4. The van der Waals surface area contributed by atoms with E-state index < -0.39 is 0 Å². The number of likely N-dealkylation sites (tertiary alicyclic amines) is 1. The molecule has 2 heterocycles. The zero-order valence-corrected chi connectivity index (χ0v) is 15.0. The zero-order chi connectivity index (χ0) is 16.2. The van der Waals surface area contributed by atoms with Gasteiger partial charge in [0.15, 0.2) is 0 Å². The van der Waals surface area contributed by atoms with Gasteiger partial charge in [-0.05, 0) is 55.9 Å². The number of benzene rings is 1. The summed E-state index contributed by atoms with van der Waals surface area (Å²) in [5, 5.41) is 4.30. The molecule has 1 aromatic carbocycles. The van der Waals surface area contributed by atoms with Crippen molar-refractivity contribution in [3.8, 4) is 5.75 Å². The van der Waals surface area contributed by atoms with Crippen molar-refractivity contribution >= 4 is 11.8 Å². The zero-order valence-electron chi connectivity index (χ0n) is 14.2. The van der Waals surface area contributed by atoms with Crippen molar-refractivity contribution in [2.45, 2.75) is 30.2 Å². The van der Waals surface area contributed by atoms with Crippen LogP contribution in [0.3, 0.4) is 0 Å². The number of piperidine rings is 1. The summed E-state index contributed by atoms with van der Waals surface area (Å²) in [6.45, 7) is 3.32. The Bertz CT molecular complexity index is 647. The Morgan fingerprint density at radius 2 is 2.04 bits per heavy atom. The molecule has 0 aliphatic carbocycles. The topological polar surface area (TPSA) is 30.3 Å². The molecule has 3 rings (SSSR count). The van der Waals surface area contributed by atoms with E-state index in [1.807, 2.05) is 17.9 Å². The Kier molecular flexibility index (Phi) is 5.28. The second kappa shape index (κ2) is 7.41. The standard InChI is InChI=1S/C18H25N3OS/c1-20-16(6-9-19-20)15-7-10-21(11-8-15)13-14-4-5-17(22-2)18(12-14)23-3/h4-6,9,12,15H,7-8,10-11,13H2,1-3H3. The average Bonchev–Trinajstić information content (AvgIpc) is 3.01. The first kappa shape index (κ1) is 16.4. The minimum atomic E-state index is 0.649. The largest absolute Gasteiger partial charge is 0.496 e. The maximum atomic E-state index is 5.41. The third kappa shape index (κ3) is 3.72. The van der Waals surface area contributed by atoms with Gasteiger partial charge in [-0.1, -0.05) is 6.07 Å². The Hall–Kier alpha value is -1.46. The van der Waals surface area contributed by atoms with Crippen molar-refractivity contribution in [3.63, 3.8) is 0 Å². The quantitative estimate of drug-likeness (QED) is 0.784. The van der Waals surface area contributed by atoms with Crippen LogP contribution in [0.5, 0.6) is 5.75 Å². The van der Waals surface area contributed by atoms with Crippen LogP contribution in [-0.2, 0) is 13.6 Å². The SMILES string of the molecule is COc1ccc(CN2CCC(c3ccnn3C)CC2)cc1SC. The smallest absolute Gasteiger partial charge is 0.132 e. The number of aromatic nitrogens is 2. The number of aryl methyl sites for hydroxylation is 1. The second-order valence-corrected chi connectivity index (χ2v) is 6.97. The molecule has 0 saturated carbocycles. The summed E-state index contributed by atoms with van der Waals surface area (Å²) in [5.41, 5.74) is 2.74. The molecule has 1 aromatic heterocycles. The Morgan fingerprint density at radius 1 is 1.26 bits per heavy atom. The lowest BCUT2D eigenvalue weighted by Crippen LogP contribution is -2.33. The predicted molar refractivity (Wildman–Crippen MR) is 95.2 cm³/mol. The van der Waals surface area contributed by atoms with Gasteiger partial charge in [0.1, 0.15) is 5.75 Å². The second-order valence-electron chi connectivity index (χ2n) is 6.12. The monoisotopic (exact) mass is 331 g/mol. The summed E-state index contributed by atoms with van der Waals surface area (Å²) < 4.78 is 7.43. The van der Waals surface area contributed by atoms with Gasteiger partial charge in [0.2, 0.25) is 0 Å². The van der Waals surface area contributed by atoms with Crippen LogP contribution >= 0.6 is 11.8 Å². The van der Waals surface area contributed by atoms with Gasteiger partial charge in [0, 0.05) is 36.3 Å². The fourth-order valence-corrected chi connectivity index (χ4v) is 4.03. The van der Waals surface area contributed by atoms with E-state index in [1.54, 1.807) is 18.9 Å². The summed E-state index contributed by atoms with van der Waals surface area (Å²) in [4.78, 5) is 3.77. The highest BCUT2D eigenvalue weighted by Crippen LogP contribution is 2.31. The van der Waals surface area contributed by atoms with Gasteiger partial charge in [-0.3, -0.25) is 9.58 Å². The van der Waals surface area contributed by atoms with Gasteiger partial charge < -0.3 is 4.74 Å². The summed E-state index contributed by atoms with van der Waals surface area (Å²) >= 11 is 1.74. The van der Waals surface area contributed by atoms with Crippen LogP contribution in [0.4, 0.5) is 0 Å². The van der Waals surface area contributed by atoms with Crippen molar-refractivity contribution in [3.05, 3.63) is 41.7 Å². The molecule has 0 amide bonds. The fraction of sp³-hybridized carbons (Fsp3) is 0.500. The van der Waals surface area contributed by atoms with E-state index in [2.05, 4.69) is 40.5 Å². The van der Waals surface area contributed by atoms with Crippen LogP contribution in [0.25, 0.3) is 0 Å². The summed E-state index contributed by atoms with van der Waals surface area (Å²) in [6.07, 6.45) is 6.43. The molecule has 2 aromatic rings. The number of methoxy groups -OCH3 is 1. The number of hydrogen-bond donors (Lipinski definition) is 0. The van der Waals surface area contributed by atoms with E-state index >= 15 is 0 Å². The van der Waals surface area contributed by atoms with Crippen LogP contribution in [0.15, 0.2) is 35.4 Å². The maximum Gasteiger partial charge on any atom is 0.132 e. The van der Waals surface area contributed by atoms with Crippen LogP contribution in [0.2, 0.25) is 0 Å². The molecule has 1 saturated heterocycles. The molecule has 1 fully saturated rings. The predicted octanol–water partition coefficient (Wildman–Crippen LogP) is 3.53. The van der Waals surface area contributed by atoms with Crippen LogP contribution < -0.4 is 4.74 Å². The first-order valence-electron chi connectivity index (χ1n) is 8.12. The third-order valence-electron chi connectivity index (χ3n) is 4.72. The van der Waals surface area contributed by atoms with Crippen molar-refractivity contribution in [1.82, 2.24) is 14.7 Å². The van der Waals surface area contributed by atoms with Crippen molar-refractivity contribution in [1.29, 1.82) is 0 Å². The number of nitrogens with zero attached hydrogens (tertiary/aromatic N) is 3. The lowest BCUT2D eigenvalue weighted by Gasteiger charge is -2.32. The number of ether oxygens (including phenoxy) is 1. The van der Waals surface area contributed by atoms with E-state index in [0.717, 1.165) is 25.4 Å². The molecule has 4 nitrogen and oxygen atoms in total. The highest BCUT2D eigenvalue weighted by Gasteiger charge is 2.22. The van der Waals surface area contributed by atoms with Gasteiger partial charge in [-0.25, -0.2) is 0 Å². The minimum absolute atomic E-state index is 0.649. The van der Waals surface area contributed by atoms with Crippen LogP contribution in [-0.4, -0.2) is 41.1 Å². The van der Waals surface area contributed by atoms with Crippen molar-refractivity contribution in [2.75, 3.05) is 26.5 Å². The van der Waals surface area contributed by atoms with Crippen molar-refractivity contribution in [2.24, 2.45) is 7.05 Å². The molecular formula is C18H25N3OS. The first-order valence-corrected chi connectivity index (χ1v) is 9.35. The first-order chi connectivity index (χ1) is 11.2. The Labute approximate surface area is 142 Å². The van der Waals surface area contributed by atoms with Gasteiger partial charge in [-0.15, -0.1) is 11.8 Å². The summed E-state index contributed by atoms with van der Waals surface area (Å²) in [7, 11) is 3.78. The molecule has 124 valence electrons. The summed E-state index contributed by atoms with van der Waals surface area (Å²) in [6, 6.07) is 8.70. The van der Waals surface area contributed by atoms with Gasteiger partial charge in [0.05, 0.1) is 7.11 Å². The lowest BCUT2D eigenvalue weighted by molar-refractivity contribution is 0.201. The van der Waals surface area contributed by atoms with E-state index in [-0.39, 0.29) is 0 Å². The molecule has 23 heavy (non-hydrogen) atoms. The molecule has 0 spiro atoms. The van der Waals surface area contributed by atoms with Crippen molar-refractivity contribution < 1.29 is 4.74 Å². The maximum absolute atomic E-state index is 5.41. The molecule has 1 aliphatic rings. The molecule has 0 unspecified atom stereocenters. The number of thioether (sulfide) groups is 1. The molecule has 0 N–H and O–H groups in total. The van der Waals surface area contributed by atoms with Crippen LogP contribution in [0.1, 0.15) is 30.0 Å². The van der Waals surface area contributed by atoms with E-state index in [1.165, 1.54) is 29.0 Å². The molecule has 1 aliphatic heterocycles. The molecule has 0 radical (unpaired) electrons. The highest BCUT2D eigenvalue weighted by atomic mass is 32.2. The molecule has 5 heteroatoms. The van der Waals surface area contributed by atoms with E-state index in [9.17, 15) is 0 Å². The lowest BCUT2D eigenvalue weighted by atomic mass is 9.93. The van der Waals surface area contributed by atoms with Gasteiger partial charge in [0.25, 0.3) is 0 Å². The Balaban J connectivity index is 1.59. The normalized spacial score (nSPS) is 16.7. The molecule has 0 bridgehead atoms. The fourth-order valence-electron chi connectivity index (χ4n) is 3.41. The molecular weight excluding hydrogens is 306 g/mol. The number of rotatable bonds is 5. The summed E-state index contributed by atoms with van der Waals surface area (Å²) in [5.74, 6) is 1.62. The van der Waals surface area contributed by atoms with E-state index in [0.29, 0.717) is 5.92 Å². The van der Waals surface area contributed by atoms with Crippen LogP contribution in [0, 0.1) is 0 Å². The van der Waals surface area contributed by atoms with Gasteiger partial charge in [-0.2, -0.15) is 5.10 Å². The van der Waals surface area contributed by atoms with E-state index in [4.69, 9.17) is 4.74 Å². The Morgan fingerprint density at radius 3 is 2.65 bits per heavy atom. The average molecular weight is 331 g/mol. The van der Waals surface area contributed by atoms with Gasteiger partial charge >= 0.3 is 0 Å². The highest BCUT2D eigenvalue weighted by molar-refractivity contribution is 7.98. The molecule has 0 atom stereocenters.